The summed E-state index contributed by atoms with van der Waals surface area (Å²) in [5.41, 5.74) is 0.0124. The van der Waals surface area contributed by atoms with Crippen molar-refractivity contribution in [2.45, 2.75) is 0 Å². The second-order valence-corrected chi connectivity index (χ2v) is 4.61. The van der Waals surface area contributed by atoms with Gasteiger partial charge in [-0.1, -0.05) is 29.8 Å². The van der Waals surface area contributed by atoms with Gasteiger partial charge in [-0.3, -0.25) is 20.2 Å². The van der Waals surface area contributed by atoms with Crippen LogP contribution >= 0.6 is 11.6 Å². The molecule has 0 fully saturated rings. The first kappa shape index (κ1) is 14.7. The number of hydrogen-bond donors (Lipinski definition) is 0. The SMILES string of the molecule is CN(c1ccccc1)c1cc(Cl)c([N+](=O)[O-])cc1[N+](=O)[O-]. The van der Waals surface area contributed by atoms with Crippen molar-refractivity contribution in [2.75, 3.05) is 11.9 Å². The molecule has 0 bridgehead atoms. The first-order valence-corrected chi connectivity index (χ1v) is 6.20. The summed E-state index contributed by atoms with van der Waals surface area (Å²) in [5.74, 6) is 0. The molecule has 2 rings (SSSR count). The zero-order chi connectivity index (χ0) is 15.6. The highest BCUT2D eigenvalue weighted by atomic mass is 35.5. The number of rotatable bonds is 4. The molecule has 0 aliphatic rings. The summed E-state index contributed by atoms with van der Waals surface area (Å²) in [6.07, 6.45) is 0. The number of nitrogens with zero attached hydrogens (tertiary/aromatic N) is 3. The van der Waals surface area contributed by atoms with Gasteiger partial charge in [0.05, 0.1) is 15.9 Å². The van der Waals surface area contributed by atoms with Gasteiger partial charge in [0.15, 0.2) is 0 Å². The number of anilines is 2. The Kier molecular flexibility index (Phi) is 4.04. The van der Waals surface area contributed by atoms with Crippen LogP contribution in [0.1, 0.15) is 0 Å². The predicted molar refractivity (Wildman–Crippen MR) is 79.3 cm³/mol. The van der Waals surface area contributed by atoms with E-state index in [-0.39, 0.29) is 16.4 Å². The van der Waals surface area contributed by atoms with Crippen LogP contribution in [0.5, 0.6) is 0 Å². The lowest BCUT2D eigenvalue weighted by atomic mass is 10.2. The van der Waals surface area contributed by atoms with Gasteiger partial charge in [-0.05, 0) is 18.2 Å². The zero-order valence-electron chi connectivity index (χ0n) is 10.9. The molecule has 0 heterocycles. The van der Waals surface area contributed by atoms with Crippen molar-refractivity contribution < 1.29 is 9.85 Å². The van der Waals surface area contributed by atoms with E-state index in [0.717, 1.165) is 6.07 Å². The highest BCUT2D eigenvalue weighted by molar-refractivity contribution is 6.33. The number of nitro benzene ring substituents is 2. The van der Waals surface area contributed by atoms with Crippen molar-refractivity contribution in [1.82, 2.24) is 0 Å². The van der Waals surface area contributed by atoms with Gasteiger partial charge in [-0.15, -0.1) is 0 Å². The molecular formula is C13H10ClN3O4. The van der Waals surface area contributed by atoms with Crippen LogP contribution in [0.3, 0.4) is 0 Å². The Bertz CT molecular complexity index is 706. The van der Waals surface area contributed by atoms with E-state index in [0.29, 0.717) is 5.69 Å². The van der Waals surface area contributed by atoms with E-state index in [2.05, 4.69) is 0 Å². The summed E-state index contributed by atoms with van der Waals surface area (Å²) in [6.45, 7) is 0. The van der Waals surface area contributed by atoms with E-state index in [1.807, 2.05) is 6.07 Å². The minimum Gasteiger partial charge on any atom is -0.339 e. The first-order valence-electron chi connectivity index (χ1n) is 5.83. The van der Waals surface area contributed by atoms with Gasteiger partial charge < -0.3 is 4.90 Å². The molecule has 0 spiro atoms. The van der Waals surface area contributed by atoms with Crippen LogP contribution in [0.15, 0.2) is 42.5 Å². The number of benzene rings is 2. The number of nitro groups is 2. The monoisotopic (exact) mass is 307 g/mol. The fourth-order valence-corrected chi connectivity index (χ4v) is 2.11. The smallest absolute Gasteiger partial charge is 0.299 e. The summed E-state index contributed by atoms with van der Waals surface area (Å²) in [6, 6.07) is 11.0. The Morgan fingerprint density at radius 3 is 2.10 bits per heavy atom. The van der Waals surface area contributed by atoms with Crippen molar-refractivity contribution >= 4 is 34.4 Å². The Morgan fingerprint density at radius 1 is 1.00 bits per heavy atom. The molecule has 0 saturated heterocycles. The van der Waals surface area contributed by atoms with Crippen molar-refractivity contribution in [3.63, 3.8) is 0 Å². The quantitative estimate of drug-likeness (QED) is 0.630. The van der Waals surface area contributed by atoms with Crippen LogP contribution < -0.4 is 4.90 Å². The third kappa shape index (κ3) is 2.92. The average molecular weight is 308 g/mol. The normalized spacial score (nSPS) is 10.2. The molecule has 8 heteroatoms. The van der Waals surface area contributed by atoms with Crippen LogP contribution in [0.2, 0.25) is 5.02 Å². The van der Waals surface area contributed by atoms with Gasteiger partial charge in [0.2, 0.25) is 0 Å². The number of halogens is 1. The topological polar surface area (TPSA) is 89.5 Å². The van der Waals surface area contributed by atoms with E-state index < -0.39 is 15.5 Å². The number of para-hydroxylation sites is 1. The molecule has 2 aromatic carbocycles. The molecule has 0 N–H and O–H groups in total. The van der Waals surface area contributed by atoms with Gasteiger partial charge >= 0.3 is 0 Å². The summed E-state index contributed by atoms with van der Waals surface area (Å²) < 4.78 is 0. The highest BCUT2D eigenvalue weighted by Crippen LogP contribution is 2.39. The van der Waals surface area contributed by atoms with Gasteiger partial charge in [0.25, 0.3) is 11.4 Å². The zero-order valence-corrected chi connectivity index (χ0v) is 11.6. The molecule has 0 unspecified atom stereocenters. The Balaban J connectivity index is 2.60. The van der Waals surface area contributed by atoms with Gasteiger partial charge in [0, 0.05) is 12.7 Å². The third-order valence-electron chi connectivity index (χ3n) is 2.94. The largest absolute Gasteiger partial charge is 0.339 e. The molecule has 0 radical (unpaired) electrons. The molecule has 0 aliphatic carbocycles. The lowest BCUT2D eigenvalue weighted by molar-refractivity contribution is -0.393. The standard InChI is InChI=1S/C13H10ClN3O4/c1-15(9-5-3-2-4-6-9)12-7-10(14)11(16(18)19)8-13(12)17(20)21/h2-8H,1H3. The molecule has 0 aliphatic heterocycles. The van der Waals surface area contributed by atoms with Crippen molar-refractivity contribution in [1.29, 1.82) is 0 Å². The summed E-state index contributed by atoms with van der Waals surface area (Å²) in [5, 5.41) is 21.8. The van der Waals surface area contributed by atoms with Gasteiger partial charge in [0.1, 0.15) is 10.7 Å². The van der Waals surface area contributed by atoms with E-state index in [1.165, 1.54) is 6.07 Å². The third-order valence-corrected chi connectivity index (χ3v) is 3.24. The van der Waals surface area contributed by atoms with Crippen LogP contribution in [0.25, 0.3) is 0 Å². The molecule has 0 atom stereocenters. The van der Waals surface area contributed by atoms with Crippen molar-refractivity contribution in [2.24, 2.45) is 0 Å². The van der Waals surface area contributed by atoms with Crippen LogP contribution in [-0.4, -0.2) is 16.9 Å². The molecule has 0 amide bonds. The fourth-order valence-electron chi connectivity index (χ4n) is 1.89. The highest BCUT2D eigenvalue weighted by Gasteiger charge is 2.26. The number of hydrogen-bond acceptors (Lipinski definition) is 5. The molecule has 7 nitrogen and oxygen atoms in total. The fraction of sp³-hybridized carbons (Fsp3) is 0.0769. The lowest BCUT2D eigenvalue weighted by Crippen LogP contribution is -2.11. The average Bonchev–Trinajstić information content (AvgIpc) is 2.46. The minimum absolute atomic E-state index is 0.150. The van der Waals surface area contributed by atoms with E-state index >= 15 is 0 Å². The maximum Gasteiger partial charge on any atom is 0.299 e. The Morgan fingerprint density at radius 2 is 1.57 bits per heavy atom. The van der Waals surface area contributed by atoms with Crippen LogP contribution in [0.4, 0.5) is 22.7 Å². The summed E-state index contributed by atoms with van der Waals surface area (Å²) in [7, 11) is 1.62. The molecule has 2 aromatic rings. The van der Waals surface area contributed by atoms with E-state index in [9.17, 15) is 20.2 Å². The Hall–Kier alpha value is -2.67. The van der Waals surface area contributed by atoms with Gasteiger partial charge in [-0.25, -0.2) is 0 Å². The molecule has 21 heavy (non-hydrogen) atoms. The lowest BCUT2D eigenvalue weighted by Gasteiger charge is -2.19. The van der Waals surface area contributed by atoms with Crippen LogP contribution in [-0.2, 0) is 0 Å². The minimum atomic E-state index is -0.748. The molecule has 108 valence electrons. The van der Waals surface area contributed by atoms with Crippen LogP contribution in [0, 0.1) is 20.2 Å². The Labute approximate surface area is 124 Å². The maximum atomic E-state index is 11.2. The first-order chi connectivity index (χ1) is 9.91. The molecular weight excluding hydrogens is 298 g/mol. The maximum absolute atomic E-state index is 11.2. The summed E-state index contributed by atoms with van der Waals surface area (Å²) in [4.78, 5) is 22.1. The second kappa shape index (κ2) is 5.76. The van der Waals surface area contributed by atoms with Crippen molar-refractivity contribution in [3.05, 3.63) is 67.7 Å². The summed E-state index contributed by atoms with van der Waals surface area (Å²) >= 11 is 5.84. The molecule has 0 aromatic heterocycles. The van der Waals surface area contributed by atoms with E-state index in [4.69, 9.17) is 11.6 Å². The van der Waals surface area contributed by atoms with Crippen molar-refractivity contribution in [3.8, 4) is 0 Å². The second-order valence-electron chi connectivity index (χ2n) is 4.20. The van der Waals surface area contributed by atoms with Gasteiger partial charge in [-0.2, -0.15) is 0 Å². The predicted octanol–water partition coefficient (Wildman–Crippen LogP) is 3.92. The molecule has 0 saturated carbocycles. The van der Waals surface area contributed by atoms with E-state index in [1.54, 1.807) is 36.2 Å².